The fraction of sp³-hybridized carbons (Fsp3) is 0.500. The van der Waals surface area contributed by atoms with Gasteiger partial charge in [0, 0.05) is 69.0 Å². The van der Waals surface area contributed by atoms with Crippen LogP contribution in [0.25, 0.3) is 0 Å². The van der Waals surface area contributed by atoms with Crippen molar-refractivity contribution in [2.45, 2.75) is 38.5 Å². The summed E-state index contributed by atoms with van der Waals surface area (Å²) in [5, 5.41) is 12.8. The molecule has 0 bridgehead atoms. The second-order valence-corrected chi connectivity index (χ2v) is 10.5. The maximum Gasteiger partial charge on any atom is 0.320 e. The number of hydrogen-bond acceptors (Lipinski definition) is 7. The molecule has 37 heavy (non-hydrogen) atoms. The monoisotopic (exact) mass is 522 g/mol. The molecule has 3 aromatic heterocycles. The number of hydrogen-bond donors (Lipinski definition) is 2. The number of H-pyrrole nitrogens is 1. The summed E-state index contributed by atoms with van der Waals surface area (Å²) in [6, 6.07) is 6.05. The first kappa shape index (κ1) is 25.2. The number of piperazine rings is 1. The van der Waals surface area contributed by atoms with Gasteiger partial charge in [0.15, 0.2) is 0 Å². The molecule has 0 radical (unpaired) electrons. The van der Waals surface area contributed by atoms with Crippen LogP contribution >= 0.6 is 11.3 Å². The normalized spacial score (nSPS) is 16.7. The molecule has 0 aromatic carbocycles. The fourth-order valence-corrected chi connectivity index (χ4v) is 5.94. The van der Waals surface area contributed by atoms with Gasteiger partial charge in [0.25, 0.3) is 5.91 Å². The van der Waals surface area contributed by atoms with Crippen molar-refractivity contribution in [3.05, 3.63) is 57.9 Å². The molecular weight excluding hydrogens is 488 g/mol. The summed E-state index contributed by atoms with van der Waals surface area (Å²) in [4.78, 5) is 40.9. The van der Waals surface area contributed by atoms with Crippen LogP contribution in [-0.2, 0) is 6.42 Å². The molecule has 11 heteroatoms. The SMILES string of the molecule is Cc1[nH]ncc1CCCNC(=O)c1csc(C2CCN(C(=O)N3CCN(c4ccccn4)CC3)CC2)n1. The Balaban J connectivity index is 1.04. The van der Waals surface area contributed by atoms with E-state index in [0.717, 1.165) is 68.4 Å². The van der Waals surface area contributed by atoms with Gasteiger partial charge < -0.3 is 20.0 Å². The maximum absolute atomic E-state index is 13.1. The van der Waals surface area contributed by atoms with Gasteiger partial charge in [-0.05, 0) is 50.3 Å². The topological polar surface area (TPSA) is 110 Å². The second kappa shape index (κ2) is 11.7. The largest absolute Gasteiger partial charge is 0.353 e. The van der Waals surface area contributed by atoms with Crippen LogP contribution < -0.4 is 10.2 Å². The van der Waals surface area contributed by atoms with Crippen molar-refractivity contribution in [3.63, 3.8) is 0 Å². The number of rotatable bonds is 7. The number of urea groups is 1. The summed E-state index contributed by atoms with van der Waals surface area (Å²) in [6.07, 6.45) is 7.12. The van der Waals surface area contributed by atoms with E-state index >= 15 is 0 Å². The van der Waals surface area contributed by atoms with Crippen LogP contribution in [0.2, 0.25) is 0 Å². The first-order chi connectivity index (χ1) is 18.1. The highest BCUT2D eigenvalue weighted by atomic mass is 32.1. The van der Waals surface area contributed by atoms with E-state index in [9.17, 15) is 9.59 Å². The second-order valence-electron chi connectivity index (χ2n) is 9.66. The third-order valence-electron chi connectivity index (χ3n) is 7.24. The van der Waals surface area contributed by atoms with Crippen LogP contribution in [0.3, 0.4) is 0 Å². The molecule has 0 spiro atoms. The molecule has 5 heterocycles. The molecule has 3 aromatic rings. The number of aryl methyl sites for hydroxylation is 2. The number of carbonyl (C=O) groups excluding carboxylic acids is 2. The van der Waals surface area contributed by atoms with Crippen molar-refractivity contribution in [3.8, 4) is 0 Å². The minimum Gasteiger partial charge on any atom is -0.353 e. The molecule has 2 N–H and O–H groups in total. The number of anilines is 1. The summed E-state index contributed by atoms with van der Waals surface area (Å²) < 4.78 is 0. The van der Waals surface area contributed by atoms with Crippen LogP contribution in [0.15, 0.2) is 36.0 Å². The zero-order valence-corrected chi connectivity index (χ0v) is 22.0. The molecule has 0 unspecified atom stereocenters. The Morgan fingerprint density at radius 1 is 1.11 bits per heavy atom. The average molecular weight is 523 g/mol. The lowest BCUT2D eigenvalue weighted by Gasteiger charge is -2.39. The van der Waals surface area contributed by atoms with Crippen molar-refractivity contribution in [2.24, 2.45) is 0 Å². The molecule has 2 fully saturated rings. The molecular formula is C26H34N8O2S. The van der Waals surface area contributed by atoms with E-state index in [1.807, 2.05) is 46.5 Å². The summed E-state index contributed by atoms with van der Waals surface area (Å²) >= 11 is 1.55. The zero-order valence-electron chi connectivity index (χ0n) is 21.2. The number of nitrogens with zero attached hydrogens (tertiary/aromatic N) is 6. The predicted molar refractivity (Wildman–Crippen MR) is 143 cm³/mol. The number of nitrogens with one attached hydrogen (secondary N) is 2. The predicted octanol–water partition coefficient (Wildman–Crippen LogP) is 3.05. The van der Waals surface area contributed by atoms with Crippen molar-refractivity contribution < 1.29 is 9.59 Å². The number of pyridine rings is 1. The molecule has 2 aliphatic heterocycles. The summed E-state index contributed by atoms with van der Waals surface area (Å²) in [5.74, 6) is 1.14. The van der Waals surface area contributed by atoms with Gasteiger partial charge in [0.05, 0.1) is 11.2 Å². The minimum atomic E-state index is -0.121. The summed E-state index contributed by atoms with van der Waals surface area (Å²) in [5.41, 5.74) is 2.75. The Labute approximate surface area is 221 Å². The Morgan fingerprint density at radius 3 is 2.59 bits per heavy atom. The van der Waals surface area contributed by atoms with E-state index in [2.05, 4.69) is 30.4 Å². The fourth-order valence-electron chi connectivity index (χ4n) is 4.96. The van der Waals surface area contributed by atoms with E-state index in [4.69, 9.17) is 0 Å². The maximum atomic E-state index is 13.1. The number of likely N-dealkylation sites (tertiary alicyclic amines) is 1. The van der Waals surface area contributed by atoms with Gasteiger partial charge in [-0.3, -0.25) is 9.89 Å². The number of carbonyl (C=O) groups is 2. The highest BCUT2D eigenvalue weighted by molar-refractivity contribution is 7.09. The van der Waals surface area contributed by atoms with Crippen LogP contribution in [-0.4, -0.2) is 87.7 Å². The summed E-state index contributed by atoms with van der Waals surface area (Å²) in [7, 11) is 0. The number of thiazole rings is 1. The van der Waals surface area contributed by atoms with Crippen molar-refractivity contribution >= 4 is 29.1 Å². The van der Waals surface area contributed by atoms with Gasteiger partial charge >= 0.3 is 6.03 Å². The van der Waals surface area contributed by atoms with Crippen molar-refractivity contribution in [1.29, 1.82) is 0 Å². The van der Waals surface area contributed by atoms with Gasteiger partial charge in [-0.15, -0.1) is 11.3 Å². The zero-order chi connectivity index (χ0) is 25.6. The molecule has 5 rings (SSSR count). The number of aromatic amines is 1. The Kier molecular flexibility index (Phi) is 7.98. The quantitative estimate of drug-likeness (QED) is 0.462. The molecule has 2 saturated heterocycles. The Hall–Kier alpha value is -3.47. The van der Waals surface area contributed by atoms with Crippen molar-refractivity contribution in [2.75, 3.05) is 50.7 Å². The Bertz CT molecular complexity index is 1180. The molecule has 0 atom stereocenters. The minimum absolute atomic E-state index is 0.121. The first-order valence-corrected chi connectivity index (χ1v) is 13.9. The third-order valence-corrected chi connectivity index (χ3v) is 8.24. The number of piperidine rings is 1. The lowest BCUT2D eigenvalue weighted by Crippen LogP contribution is -2.54. The van der Waals surface area contributed by atoms with Crippen LogP contribution in [0.1, 0.15) is 51.9 Å². The smallest absolute Gasteiger partial charge is 0.320 e. The van der Waals surface area contributed by atoms with Crippen molar-refractivity contribution in [1.82, 2.24) is 35.3 Å². The van der Waals surface area contributed by atoms with Gasteiger partial charge in [0.1, 0.15) is 11.5 Å². The average Bonchev–Trinajstić information content (AvgIpc) is 3.61. The van der Waals surface area contributed by atoms with Gasteiger partial charge in [0.2, 0.25) is 0 Å². The lowest BCUT2D eigenvalue weighted by molar-refractivity contribution is 0.0948. The van der Waals surface area contributed by atoms with Crippen LogP contribution in [0.5, 0.6) is 0 Å². The van der Waals surface area contributed by atoms with E-state index in [0.29, 0.717) is 31.2 Å². The first-order valence-electron chi connectivity index (χ1n) is 13.0. The standard InChI is InChI=1S/C26H34N8O2S/c1-19-21(17-29-31-19)5-4-10-28-24(35)22-18-37-25(30-22)20-7-11-33(12-8-20)26(36)34-15-13-32(14-16-34)23-6-2-3-9-27-23/h2-3,6,9,17-18,20H,4-5,7-8,10-16H2,1H3,(H,28,35)(H,29,31). The highest BCUT2D eigenvalue weighted by Gasteiger charge is 2.30. The van der Waals surface area contributed by atoms with Gasteiger partial charge in [-0.1, -0.05) is 6.07 Å². The van der Waals surface area contributed by atoms with Crippen LogP contribution in [0, 0.1) is 6.92 Å². The highest BCUT2D eigenvalue weighted by Crippen LogP contribution is 2.31. The molecule has 0 aliphatic carbocycles. The van der Waals surface area contributed by atoms with E-state index in [1.54, 1.807) is 17.5 Å². The van der Waals surface area contributed by atoms with E-state index < -0.39 is 0 Å². The molecule has 0 saturated carbocycles. The van der Waals surface area contributed by atoms with E-state index in [1.165, 1.54) is 5.56 Å². The number of aromatic nitrogens is 4. The van der Waals surface area contributed by atoms with Gasteiger partial charge in [-0.25, -0.2) is 14.8 Å². The van der Waals surface area contributed by atoms with Gasteiger partial charge in [-0.2, -0.15) is 5.10 Å². The Morgan fingerprint density at radius 2 is 1.89 bits per heavy atom. The molecule has 10 nitrogen and oxygen atoms in total. The molecule has 3 amide bonds. The lowest BCUT2D eigenvalue weighted by atomic mass is 9.98. The van der Waals surface area contributed by atoms with Crippen LogP contribution in [0.4, 0.5) is 10.6 Å². The molecule has 2 aliphatic rings. The number of amides is 3. The molecule has 196 valence electrons. The third kappa shape index (κ3) is 6.10. The van der Waals surface area contributed by atoms with E-state index in [-0.39, 0.29) is 11.9 Å². The summed E-state index contributed by atoms with van der Waals surface area (Å²) in [6.45, 7) is 7.06.